The second-order valence-electron chi connectivity index (χ2n) is 3.87. The van der Waals surface area contributed by atoms with Crippen molar-refractivity contribution in [2.45, 2.75) is 6.36 Å². The standard InChI is InChI=1S/C13H8ClF3N2O2/c14-11-3-1-2-10(19-11)12(20)18-8-4-6-9(7-5-8)21-13(15,16)17/h1-7H,(H,18,20). The van der Waals surface area contributed by atoms with Crippen LogP contribution >= 0.6 is 11.6 Å². The van der Waals surface area contributed by atoms with Crippen LogP contribution in [0.2, 0.25) is 5.15 Å². The molecule has 1 aromatic carbocycles. The molecule has 1 N–H and O–H groups in total. The summed E-state index contributed by atoms with van der Waals surface area (Å²) in [6, 6.07) is 9.28. The van der Waals surface area contributed by atoms with Gasteiger partial charge in [0, 0.05) is 5.69 Å². The predicted octanol–water partition coefficient (Wildman–Crippen LogP) is 3.89. The highest BCUT2D eigenvalue weighted by molar-refractivity contribution is 6.29. The Morgan fingerprint density at radius 3 is 2.38 bits per heavy atom. The third-order valence-corrected chi connectivity index (χ3v) is 2.50. The number of ether oxygens (including phenoxy) is 1. The minimum absolute atomic E-state index is 0.0955. The van der Waals surface area contributed by atoms with Crippen molar-refractivity contribution in [3.63, 3.8) is 0 Å². The fourth-order valence-electron chi connectivity index (χ4n) is 1.47. The zero-order valence-electron chi connectivity index (χ0n) is 10.3. The summed E-state index contributed by atoms with van der Waals surface area (Å²) in [7, 11) is 0. The normalized spacial score (nSPS) is 11.0. The maximum atomic E-state index is 12.0. The number of halogens is 4. The van der Waals surface area contributed by atoms with Crippen LogP contribution in [0.15, 0.2) is 42.5 Å². The number of aromatic nitrogens is 1. The largest absolute Gasteiger partial charge is 0.573 e. The number of hydrogen-bond donors (Lipinski definition) is 1. The smallest absolute Gasteiger partial charge is 0.406 e. The zero-order valence-corrected chi connectivity index (χ0v) is 11.1. The quantitative estimate of drug-likeness (QED) is 0.874. The number of alkyl halides is 3. The number of nitrogens with zero attached hydrogens (tertiary/aromatic N) is 1. The first-order valence-electron chi connectivity index (χ1n) is 5.63. The van der Waals surface area contributed by atoms with Gasteiger partial charge in [0.15, 0.2) is 0 Å². The summed E-state index contributed by atoms with van der Waals surface area (Å²) in [6.45, 7) is 0. The van der Waals surface area contributed by atoms with Crippen LogP contribution in [-0.4, -0.2) is 17.3 Å². The molecule has 0 radical (unpaired) electrons. The fraction of sp³-hybridized carbons (Fsp3) is 0.0769. The van der Waals surface area contributed by atoms with Crippen molar-refractivity contribution in [2.75, 3.05) is 5.32 Å². The lowest BCUT2D eigenvalue weighted by Crippen LogP contribution is -2.17. The first kappa shape index (κ1) is 15.1. The molecule has 4 nitrogen and oxygen atoms in total. The Kier molecular flexibility index (Phi) is 4.32. The van der Waals surface area contributed by atoms with E-state index >= 15 is 0 Å². The van der Waals surface area contributed by atoms with E-state index in [2.05, 4.69) is 15.0 Å². The van der Waals surface area contributed by atoms with E-state index in [0.717, 1.165) is 12.1 Å². The van der Waals surface area contributed by atoms with Gasteiger partial charge in [-0.25, -0.2) is 4.98 Å². The average Bonchev–Trinajstić information content (AvgIpc) is 2.39. The van der Waals surface area contributed by atoms with E-state index < -0.39 is 12.3 Å². The Hall–Kier alpha value is -2.28. The molecule has 0 aliphatic heterocycles. The first-order chi connectivity index (χ1) is 9.83. The molecule has 8 heteroatoms. The molecule has 1 amide bonds. The van der Waals surface area contributed by atoms with Crippen LogP contribution in [0.4, 0.5) is 18.9 Å². The summed E-state index contributed by atoms with van der Waals surface area (Å²) in [5.74, 6) is -0.900. The van der Waals surface area contributed by atoms with Crippen LogP contribution in [0.25, 0.3) is 0 Å². The molecule has 0 saturated heterocycles. The van der Waals surface area contributed by atoms with E-state index in [1.165, 1.54) is 24.3 Å². The van der Waals surface area contributed by atoms with Crippen LogP contribution in [0, 0.1) is 0 Å². The van der Waals surface area contributed by atoms with Gasteiger partial charge in [-0.05, 0) is 36.4 Å². The van der Waals surface area contributed by atoms with Gasteiger partial charge in [0.05, 0.1) is 0 Å². The van der Waals surface area contributed by atoms with E-state index in [1.807, 2.05) is 0 Å². The second-order valence-corrected chi connectivity index (χ2v) is 4.26. The van der Waals surface area contributed by atoms with Crippen molar-refractivity contribution < 1.29 is 22.7 Å². The number of amides is 1. The molecule has 2 rings (SSSR count). The minimum Gasteiger partial charge on any atom is -0.406 e. The van der Waals surface area contributed by atoms with Crippen molar-refractivity contribution in [1.82, 2.24) is 4.98 Å². The maximum Gasteiger partial charge on any atom is 0.573 e. The summed E-state index contributed by atoms with van der Waals surface area (Å²) in [5, 5.41) is 2.64. The molecule has 1 heterocycles. The summed E-state index contributed by atoms with van der Waals surface area (Å²) < 4.78 is 39.7. The molecule has 0 unspecified atom stereocenters. The summed E-state index contributed by atoms with van der Waals surface area (Å²) in [4.78, 5) is 15.7. The SMILES string of the molecule is O=C(Nc1ccc(OC(F)(F)F)cc1)c1cccc(Cl)n1. The van der Waals surface area contributed by atoms with Crippen LogP contribution in [0.1, 0.15) is 10.5 Å². The highest BCUT2D eigenvalue weighted by Crippen LogP contribution is 2.24. The Labute approximate surface area is 122 Å². The fourth-order valence-corrected chi connectivity index (χ4v) is 1.63. The van der Waals surface area contributed by atoms with Crippen LogP contribution in [0.3, 0.4) is 0 Å². The number of carbonyl (C=O) groups is 1. The summed E-state index contributed by atoms with van der Waals surface area (Å²) in [6.07, 6.45) is -4.75. The van der Waals surface area contributed by atoms with E-state index in [9.17, 15) is 18.0 Å². The van der Waals surface area contributed by atoms with E-state index in [0.29, 0.717) is 5.69 Å². The molecule has 21 heavy (non-hydrogen) atoms. The lowest BCUT2D eigenvalue weighted by Gasteiger charge is -2.09. The molecule has 0 atom stereocenters. The van der Waals surface area contributed by atoms with E-state index in [1.54, 1.807) is 6.07 Å². The van der Waals surface area contributed by atoms with E-state index in [4.69, 9.17) is 11.6 Å². The van der Waals surface area contributed by atoms with Gasteiger partial charge in [0.1, 0.15) is 16.6 Å². The average molecular weight is 317 g/mol. The van der Waals surface area contributed by atoms with E-state index in [-0.39, 0.29) is 16.6 Å². The summed E-state index contributed by atoms with van der Waals surface area (Å²) >= 11 is 5.66. The highest BCUT2D eigenvalue weighted by atomic mass is 35.5. The minimum atomic E-state index is -4.75. The molecular weight excluding hydrogens is 309 g/mol. The van der Waals surface area contributed by atoms with Crippen molar-refractivity contribution in [3.05, 3.63) is 53.3 Å². The van der Waals surface area contributed by atoms with Gasteiger partial charge in [-0.15, -0.1) is 13.2 Å². The number of nitrogens with one attached hydrogen (secondary N) is 1. The van der Waals surface area contributed by atoms with Crippen molar-refractivity contribution >= 4 is 23.2 Å². The Bertz CT molecular complexity index is 645. The number of carbonyl (C=O) groups excluding carboxylic acids is 1. The Morgan fingerprint density at radius 1 is 1.14 bits per heavy atom. The van der Waals surface area contributed by atoms with Gasteiger partial charge in [0.25, 0.3) is 5.91 Å². The predicted molar refractivity (Wildman–Crippen MR) is 70.3 cm³/mol. The molecule has 0 aliphatic rings. The van der Waals surface area contributed by atoms with Crippen LogP contribution < -0.4 is 10.1 Å². The van der Waals surface area contributed by atoms with Crippen molar-refractivity contribution in [2.24, 2.45) is 0 Å². The van der Waals surface area contributed by atoms with Gasteiger partial charge in [-0.2, -0.15) is 0 Å². The van der Waals surface area contributed by atoms with Gasteiger partial charge in [-0.3, -0.25) is 4.79 Å². The molecule has 110 valence electrons. The van der Waals surface area contributed by atoms with Gasteiger partial charge in [-0.1, -0.05) is 17.7 Å². The molecule has 0 saturated carbocycles. The number of anilines is 1. The lowest BCUT2D eigenvalue weighted by molar-refractivity contribution is -0.274. The maximum absolute atomic E-state index is 12.0. The second kappa shape index (κ2) is 6.01. The molecule has 0 bridgehead atoms. The molecule has 1 aromatic heterocycles. The van der Waals surface area contributed by atoms with Crippen LogP contribution in [-0.2, 0) is 0 Å². The Balaban J connectivity index is 2.05. The first-order valence-corrected chi connectivity index (χ1v) is 6.01. The molecule has 0 spiro atoms. The third-order valence-electron chi connectivity index (χ3n) is 2.29. The van der Waals surface area contributed by atoms with Gasteiger partial charge in [0.2, 0.25) is 0 Å². The number of pyridine rings is 1. The molecule has 0 aliphatic carbocycles. The number of benzene rings is 1. The number of rotatable bonds is 3. The monoisotopic (exact) mass is 316 g/mol. The molecular formula is C13H8ClF3N2O2. The van der Waals surface area contributed by atoms with Gasteiger partial charge < -0.3 is 10.1 Å². The highest BCUT2D eigenvalue weighted by Gasteiger charge is 2.30. The van der Waals surface area contributed by atoms with Crippen LogP contribution in [0.5, 0.6) is 5.75 Å². The molecule has 2 aromatic rings. The Morgan fingerprint density at radius 2 is 1.81 bits per heavy atom. The van der Waals surface area contributed by atoms with Gasteiger partial charge >= 0.3 is 6.36 Å². The lowest BCUT2D eigenvalue weighted by atomic mass is 10.3. The third kappa shape index (κ3) is 4.64. The number of hydrogen-bond acceptors (Lipinski definition) is 3. The topological polar surface area (TPSA) is 51.2 Å². The van der Waals surface area contributed by atoms with Crippen molar-refractivity contribution in [3.8, 4) is 5.75 Å². The molecule has 0 fully saturated rings. The zero-order chi connectivity index (χ0) is 15.5. The van der Waals surface area contributed by atoms with Crippen molar-refractivity contribution in [1.29, 1.82) is 0 Å². The summed E-state index contributed by atoms with van der Waals surface area (Å²) in [5.41, 5.74) is 0.398.